The molecule has 16 heavy (non-hydrogen) atoms. The molecule has 0 aliphatic carbocycles. The molecule has 0 aliphatic rings. The third-order valence-corrected chi connectivity index (χ3v) is 3.29. The Morgan fingerprint density at radius 2 is 1.88 bits per heavy atom. The maximum absolute atomic E-state index is 10.7. The first-order valence-electron chi connectivity index (χ1n) is 4.68. The second-order valence-corrected chi connectivity index (χ2v) is 4.25. The first kappa shape index (κ1) is 10.7. The Morgan fingerprint density at radius 3 is 2.38 bits per heavy atom. The Bertz CT molecular complexity index is 499. The van der Waals surface area contributed by atoms with E-state index < -0.39 is 5.97 Å². The average Bonchev–Trinajstić information content (AvgIpc) is 2.77. The van der Waals surface area contributed by atoms with Gasteiger partial charge in [-0.25, -0.2) is 4.79 Å². The quantitative estimate of drug-likeness (QED) is 0.887. The summed E-state index contributed by atoms with van der Waals surface area (Å²) < 4.78 is 5.10. The molecule has 0 fully saturated rings. The summed E-state index contributed by atoms with van der Waals surface area (Å²) in [5.74, 6) is -0.907. The summed E-state index contributed by atoms with van der Waals surface area (Å²) in [6.07, 6.45) is 0. The van der Waals surface area contributed by atoms with E-state index in [1.54, 1.807) is 31.4 Å². The highest BCUT2D eigenvalue weighted by atomic mass is 32.1. The van der Waals surface area contributed by atoms with Crippen LogP contribution in [0.2, 0.25) is 0 Å². The number of hydrogen-bond acceptors (Lipinski definition) is 3. The van der Waals surface area contributed by atoms with Gasteiger partial charge in [-0.15, -0.1) is 0 Å². The molecule has 82 valence electrons. The maximum atomic E-state index is 10.7. The van der Waals surface area contributed by atoms with Gasteiger partial charge in [0.1, 0.15) is 0 Å². The minimum absolute atomic E-state index is 0.298. The summed E-state index contributed by atoms with van der Waals surface area (Å²) in [7, 11) is 1.63. The van der Waals surface area contributed by atoms with Gasteiger partial charge < -0.3 is 9.84 Å². The SMILES string of the molecule is COc1ccc(-c2ccc(C(=O)O)cc2)s1. The van der Waals surface area contributed by atoms with Crippen molar-refractivity contribution >= 4 is 17.3 Å². The number of carboxylic acid groups (broad SMARTS) is 1. The van der Waals surface area contributed by atoms with E-state index in [0.29, 0.717) is 5.56 Å². The number of benzene rings is 1. The summed E-state index contributed by atoms with van der Waals surface area (Å²) in [6, 6.07) is 10.7. The molecule has 1 heterocycles. The third-order valence-electron chi connectivity index (χ3n) is 2.20. The van der Waals surface area contributed by atoms with E-state index in [4.69, 9.17) is 9.84 Å². The Kier molecular flexibility index (Phi) is 2.92. The van der Waals surface area contributed by atoms with Crippen LogP contribution in [0.5, 0.6) is 5.06 Å². The molecule has 0 spiro atoms. The van der Waals surface area contributed by atoms with Crippen molar-refractivity contribution in [3.8, 4) is 15.5 Å². The standard InChI is InChI=1S/C12H10O3S/c1-15-11-7-6-10(16-11)8-2-4-9(5-3-8)12(13)14/h2-7H,1H3,(H,13,14). The number of carboxylic acids is 1. The Balaban J connectivity index is 2.30. The molecule has 0 atom stereocenters. The van der Waals surface area contributed by atoms with Gasteiger partial charge >= 0.3 is 5.97 Å². The van der Waals surface area contributed by atoms with Crippen LogP contribution in [0, 0.1) is 0 Å². The topological polar surface area (TPSA) is 46.5 Å². The van der Waals surface area contributed by atoms with Crippen LogP contribution in [0.4, 0.5) is 0 Å². The molecule has 2 aromatic rings. The van der Waals surface area contributed by atoms with Crippen LogP contribution >= 0.6 is 11.3 Å². The number of aromatic carboxylic acids is 1. The van der Waals surface area contributed by atoms with Crippen molar-refractivity contribution in [3.05, 3.63) is 42.0 Å². The van der Waals surface area contributed by atoms with Crippen molar-refractivity contribution in [1.29, 1.82) is 0 Å². The minimum atomic E-state index is -0.907. The zero-order valence-electron chi connectivity index (χ0n) is 8.64. The lowest BCUT2D eigenvalue weighted by Gasteiger charge is -1.98. The predicted octanol–water partition coefficient (Wildman–Crippen LogP) is 3.12. The van der Waals surface area contributed by atoms with E-state index in [1.165, 1.54) is 11.3 Å². The van der Waals surface area contributed by atoms with Crippen LogP contribution < -0.4 is 4.74 Å². The van der Waals surface area contributed by atoms with Crippen LogP contribution in [-0.2, 0) is 0 Å². The average molecular weight is 234 g/mol. The second-order valence-electron chi connectivity index (χ2n) is 3.21. The van der Waals surface area contributed by atoms with E-state index in [1.807, 2.05) is 12.1 Å². The first-order chi connectivity index (χ1) is 7.70. The summed E-state index contributed by atoms with van der Waals surface area (Å²) in [4.78, 5) is 11.7. The van der Waals surface area contributed by atoms with Gasteiger partial charge in [0, 0.05) is 4.88 Å². The molecule has 2 rings (SSSR count). The molecule has 1 aromatic carbocycles. The molecule has 3 nitrogen and oxygen atoms in total. The van der Waals surface area contributed by atoms with E-state index in [2.05, 4.69) is 0 Å². The molecule has 0 saturated heterocycles. The molecule has 0 bridgehead atoms. The number of methoxy groups -OCH3 is 1. The van der Waals surface area contributed by atoms with Gasteiger partial charge in [-0.2, -0.15) is 0 Å². The molecule has 1 aromatic heterocycles. The van der Waals surface area contributed by atoms with Crippen molar-refractivity contribution < 1.29 is 14.6 Å². The molecule has 0 radical (unpaired) electrons. The Morgan fingerprint density at radius 1 is 1.19 bits per heavy atom. The zero-order chi connectivity index (χ0) is 11.5. The lowest BCUT2D eigenvalue weighted by atomic mass is 10.1. The van der Waals surface area contributed by atoms with E-state index in [0.717, 1.165) is 15.5 Å². The molecule has 4 heteroatoms. The third kappa shape index (κ3) is 2.06. The molecule has 1 N–H and O–H groups in total. The van der Waals surface area contributed by atoms with Crippen molar-refractivity contribution in [3.63, 3.8) is 0 Å². The van der Waals surface area contributed by atoms with Gasteiger partial charge in [-0.05, 0) is 29.8 Å². The highest BCUT2D eigenvalue weighted by Gasteiger charge is 2.05. The Hall–Kier alpha value is -1.81. The summed E-state index contributed by atoms with van der Waals surface area (Å²) in [6.45, 7) is 0. The monoisotopic (exact) mass is 234 g/mol. The lowest BCUT2D eigenvalue weighted by Crippen LogP contribution is -1.94. The molecule has 0 saturated carbocycles. The minimum Gasteiger partial charge on any atom is -0.487 e. The number of thiophene rings is 1. The normalized spacial score (nSPS) is 10.1. The number of ether oxygens (including phenoxy) is 1. The molecule has 0 unspecified atom stereocenters. The van der Waals surface area contributed by atoms with Crippen molar-refractivity contribution in [2.45, 2.75) is 0 Å². The highest BCUT2D eigenvalue weighted by molar-refractivity contribution is 7.17. The van der Waals surface area contributed by atoms with E-state index in [9.17, 15) is 4.79 Å². The van der Waals surface area contributed by atoms with Gasteiger partial charge in [0.2, 0.25) is 0 Å². The predicted molar refractivity (Wildman–Crippen MR) is 63.3 cm³/mol. The molecule has 0 amide bonds. The van der Waals surface area contributed by atoms with Crippen LogP contribution in [0.3, 0.4) is 0 Å². The van der Waals surface area contributed by atoms with E-state index >= 15 is 0 Å². The van der Waals surface area contributed by atoms with Crippen LogP contribution in [-0.4, -0.2) is 18.2 Å². The van der Waals surface area contributed by atoms with Crippen molar-refractivity contribution in [2.75, 3.05) is 7.11 Å². The fourth-order valence-corrected chi connectivity index (χ4v) is 2.19. The second kappa shape index (κ2) is 4.37. The Labute approximate surface area is 96.9 Å². The summed E-state index contributed by atoms with van der Waals surface area (Å²) >= 11 is 1.53. The highest BCUT2D eigenvalue weighted by Crippen LogP contribution is 2.32. The van der Waals surface area contributed by atoms with Gasteiger partial charge in [-0.3, -0.25) is 0 Å². The maximum Gasteiger partial charge on any atom is 0.335 e. The smallest absolute Gasteiger partial charge is 0.335 e. The van der Waals surface area contributed by atoms with Crippen LogP contribution in [0.15, 0.2) is 36.4 Å². The number of carbonyl (C=O) groups is 1. The first-order valence-corrected chi connectivity index (χ1v) is 5.50. The van der Waals surface area contributed by atoms with Gasteiger partial charge in [-0.1, -0.05) is 23.5 Å². The van der Waals surface area contributed by atoms with Gasteiger partial charge in [0.15, 0.2) is 5.06 Å². The molecule has 0 aliphatic heterocycles. The van der Waals surface area contributed by atoms with Gasteiger partial charge in [0.05, 0.1) is 12.7 Å². The fraction of sp³-hybridized carbons (Fsp3) is 0.0833. The van der Waals surface area contributed by atoms with Crippen molar-refractivity contribution in [2.24, 2.45) is 0 Å². The zero-order valence-corrected chi connectivity index (χ0v) is 9.45. The summed E-state index contributed by atoms with van der Waals surface area (Å²) in [5.41, 5.74) is 1.30. The van der Waals surface area contributed by atoms with Crippen LogP contribution in [0.25, 0.3) is 10.4 Å². The number of hydrogen-bond donors (Lipinski definition) is 1. The van der Waals surface area contributed by atoms with E-state index in [-0.39, 0.29) is 0 Å². The van der Waals surface area contributed by atoms with Crippen LogP contribution in [0.1, 0.15) is 10.4 Å². The molecular formula is C12H10O3S. The van der Waals surface area contributed by atoms with Gasteiger partial charge in [0.25, 0.3) is 0 Å². The fourth-order valence-electron chi connectivity index (χ4n) is 1.36. The molecular weight excluding hydrogens is 224 g/mol. The summed E-state index contributed by atoms with van der Waals surface area (Å²) in [5, 5.41) is 9.62. The lowest BCUT2D eigenvalue weighted by molar-refractivity contribution is 0.0697. The number of rotatable bonds is 3. The largest absolute Gasteiger partial charge is 0.487 e. The van der Waals surface area contributed by atoms with Crippen molar-refractivity contribution in [1.82, 2.24) is 0 Å².